The Labute approximate surface area is 100 Å². The van der Waals surface area contributed by atoms with Crippen molar-refractivity contribution in [2.75, 3.05) is 24.6 Å². The minimum Gasteiger partial charge on any atom is -0.481 e. The van der Waals surface area contributed by atoms with Crippen LogP contribution in [0.1, 0.15) is 20.3 Å². The predicted octanol–water partition coefficient (Wildman–Crippen LogP) is 1.87. The molecule has 2 unspecified atom stereocenters. The third-order valence-corrected chi connectivity index (χ3v) is 3.98. The van der Waals surface area contributed by atoms with Crippen LogP contribution in [0.25, 0.3) is 0 Å². The molecule has 0 radical (unpaired) electrons. The smallest absolute Gasteiger partial charge is 0.313 e. The fourth-order valence-corrected chi connectivity index (χ4v) is 2.89. The summed E-state index contributed by atoms with van der Waals surface area (Å²) in [6.07, 6.45) is -0.179. The summed E-state index contributed by atoms with van der Waals surface area (Å²) in [4.78, 5) is 12.5. The number of nitrogens with zero attached hydrogens (tertiary/aromatic N) is 1. The summed E-state index contributed by atoms with van der Waals surface area (Å²) in [5.41, 5.74) is 0. The maximum Gasteiger partial charge on any atom is 0.313 e. The molecule has 0 aliphatic carbocycles. The lowest BCUT2D eigenvalue weighted by molar-refractivity contribution is -0.133. The normalized spacial score (nSPS) is 27.2. The van der Waals surface area contributed by atoms with E-state index in [1.165, 1.54) is 11.8 Å². The molecule has 94 valence electrons. The van der Waals surface area contributed by atoms with Crippen LogP contribution in [0.4, 0.5) is 4.39 Å². The second-order valence-corrected chi connectivity index (χ2v) is 5.69. The van der Waals surface area contributed by atoms with Gasteiger partial charge in [0, 0.05) is 19.1 Å². The minimum atomic E-state index is -0.793. The molecule has 2 atom stereocenters. The Morgan fingerprint density at radius 1 is 1.56 bits per heavy atom. The number of thioether (sulfide) groups is 1. The maximum absolute atomic E-state index is 13.5. The topological polar surface area (TPSA) is 40.5 Å². The quantitative estimate of drug-likeness (QED) is 0.807. The van der Waals surface area contributed by atoms with Crippen molar-refractivity contribution in [2.24, 2.45) is 5.92 Å². The van der Waals surface area contributed by atoms with Crippen molar-refractivity contribution in [3.05, 3.63) is 0 Å². The van der Waals surface area contributed by atoms with E-state index in [-0.39, 0.29) is 11.7 Å². The molecular weight excluding hydrogens is 229 g/mol. The summed E-state index contributed by atoms with van der Waals surface area (Å²) < 4.78 is 13.5. The SMILES string of the molecule is CC(C)N1CC(F)CC(CSCC(=O)O)C1. The lowest BCUT2D eigenvalue weighted by Crippen LogP contribution is -2.45. The van der Waals surface area contributed by atoms with Crippen molar-refractivity contribution in [3.63, 3.8) is 0 Å². The third-order valence-electron chi connectivity index (χ3n) is 2.82. The van der Waals surface area contributed by atoms with E-state index >= 15 is 0 Å². The van der Waals surface area contributed by atoms with E-state index in [1.807, 2.05) is 0 Å². The summed E-state index contributed by atoms with van der Waals surface area (Å²) in [6.45, 7) is 5.56. The summed E-state index contributed by atoms with van der Waals surface area (Å²) >= 11 is 1.39. The molecule has 3 nitrogen and oxygen atoms in total. The molecule has 0 amide bonds. The number of aliphatic carboxylic acids is 1. The highest BCUT2D eigenvalue weighted by Crippen LogP contribution is 2.24. The first-order valence-electron chi connectivity index (χ1n) is 5.66. The molecule has 16 heavy (non-hydrogen) atoms. The van der Waals surface area contributed by atoms with Crippen LogP contribution in [0.2, 0.25) is 0 Å². The van der Waals surface area contributed by atoms with Crippen molar-refractivity contribution in [1.82, 2.24) is 4.90 Å². The Morgan fingerprint density at radius 3 is 2.81 bits per heavy atom. The molecular formula is C11H20FNO2S. The maximum atomic E-state index is 13.5. The highest BCUT2D eigenvalue weighted by molar-refractivity contribution is 7.99. The fraction of sp³-hybridized carbons (Fsp3) is 0.909. The monoisotopic (exact) mass is 249 g/mol. The van der Waals surface area contributed by atoms with Gasteiger partial charge in [-0.25, -0.2) is 4.39 Å². The molecule has 1 fully saturated rings. The molecule has 1 aliphatic rings. The summed E-state index contributed by atoms with van der Waals surface area (Å²) in [7, 11) is 0. The van der Waals surface area contributed by atoms with Crippen LogP contribution in [0.15, 0.2) is 0 Å². The molecule has 1 rings (SSSR count). The molecule has 1 heterocycles. The van der Waals surface area contributed by atoms with Gasteiger partial charge >= 0.3 is 5.97 Å². The fourth-order valence-electron chi connectivity index (χ4n) is 2.03. The van der Waals surface area contributed by atoms with Gasteiger partial charge in [0.05, 0.1) is 5.75 Å². The zero-order valence-electron chi connectivity index (χ0n) is 9.86. The van der Waals surface area contributed by atoms with Gasteiger partial charge in [-0.1, -0.05) is 0 Å². The minimum absolute atomic E-state index is 0.120. The van der Waals surface area contributed by atoms with Gasteiger partial charge in [-0.2, -0.15) is 0 Å². The van der Waals surface area contributed by atoms with Crippen LogP contribution in [-0.4, -0.2) is 52.8 Å². The lowest BCUT2D eigenvalue weighted by atomic mass is 9.97. The number of carbonyl (C=O) groups is 1. The number of hydrogen-bond donors (Lipinski definition) is 1. The average molecular weight is 249 g/mol. The van der Waals surface area contributed by atoms with Crippen molar-refractivity contribution in [2.45, 2.75) is 32.5 Å². The van der Waals surface area contributed by atoms with Gasteiger partial charge in [0.2, 0.25) is 0 Å². The van der Waals surface area contributed by atoms with E-state index in [9.17, 15) is 9.18 Å². The Kier molecular flexibility index (Phi) is 5.55. The van der Waals surface area contributed by atoms with Crippen molar-refractivity contribution < 1.29 is 14.3 Å². The number of hydrogen-bond acceptors (Lipinski definition) is 3. The van der Waals surface area contributed by atoms with E-state index in [2.05, 4.69) is 18.7 Å². The van der Waals surface area contributed by atoms with E-state index in [1.54, 1.807) is 0 Å². The predicted molar refractivity (Wildman–Crippen MR) is 64.7 cm³/mol. The molecule has 0 saturated carbocycles. The second-order valence-electron chi connectivity index (χ2n) is 4.66. The van der Waals surface area contributed by atoms with Crippen LogP contribution >= 0.6 is 11.8 Å². The van der Waals surface area contributed by atoms with Gasteiger partial charge in [0.15, 0.2) is 0 Å². The van der Waals surface area contributed by atoms with Crippen LogP contribution < -0.4 is 0 Å². The zero-order valence-corrected chi connectivity index (χ0v) is 10.7. The molecule has 0 bridgehead atoms. The van der Waals surface area contributed by atoms with Gasteiger partial charge < -0.3 is 5.11 Å². The third kappa shape index (κ3) is 4.70. The molecule has 0 spiro atoms. The number of piperidine rings is 1. The van der Waals surface area contributed by atoms with Gasteiger partial charge in [-0.15, -0.1) is 11.8 Å². The van der Waals surface area contributed by atoms with Gasteiger partial charge in [-0.05, 0) is 31.9 Å². The first-order valence-corrected chi connectivity index (χ1v) is 6.82. The Balaban J connectivity index is 2.33. The first kappa shape index (κ1) is 13.8. The first-order chi connectivity index (χ1) is 7.49. The Bertz CT molecular complexity index is 238. The molecule has 0 aromatic carbocycles. The Morgan fingerprint density at radius 2 is 2.25 bits per heavy atom. The molecule has 1 saturated heterocycles. The lowest BCUT2D eigenvalue weighted by Gasteiger charge is -2.37. The van der Waals surface area contributed by atoms with E-state index in [4.69, 9.17) is 5.11 Å². The Hall–Kier alpha value is -0.290. The highest BCUT2D eigenvalue weighted by atomic mass is 32.2. The molecule has 0 aromatic rings. The van der Waals surface area contributed by atoms with Gasteiger partial charge in [0.1, 0.15) is 6.17 Å². The van der Waals surface area contributed by atoms with E-state index in [0.29, 0.717) is 19.0 Å². The van der Waals surface area contributed by atoms with E-state index < -0.39 is 12.1 Å². The number of carboxylic acid groups (broad SMARTS) is 1. The van der Waals surface area contributed by atoms with Crippen LogP contribution in [0.5, 0.6) is 0 Å². The number of rotatable bonds is 5. The average Bonchev–Trinajstić information content (AvgIpc) is 2.16. The molecule has 1 aliphatic heterocycles. The second kappa shape index (κ2) is 6.45. The zero-order chi connectivity index (χ0) is 12.1. The van der Waals surface area contributed by atoms with Crippen molar-refractivity contribution in [3.8, 4) is 0 Å². The van der Waals surface area contributed by atoms with Crippen LogP contribution in [0, 0.1) is 5.92 Å². The molecule has 1 N–H and O–H groups in total. The summed E-state index contributed by atoms with van der Waals surface area (Å²) in [6, 6.07) is 0.366. The summed E-state index contributed by atoms with van der Waals surface area (Å²) in [5.74, 6) is 0.360. The summed E-state index contributed by atoms with van der Waals surface area (Å²) in [5, 5.41) is 8.53. The number of alkyl halides is 1. The van der Waals surface area contributed by atoms with Crippen LogP contribution in [-0.2, 0) is 4.79 Å². The molecule has 5 heteroatoms. The highest BCUT2D eigenvalue weighted by Gasteiger charge is 2.28. The van der Waals surface area contributed by atoms with Crippen molar-refractivity contribution in [1.29, 1.82) is 0 Å². The van der Waals surface area contributed by atoms with Crippen LogP contribution in [0.3, 0.4) is 0 Å². The van der Waals surface area contributed by atoms with E-state index in [0.717, 1.165) is 12.3 Å². The van der Waals surface area contributed by atoms with Gasteiger partial charge in [-0.3, -0.25) is 9.69 Å². The number of likely N-dealkylation sites (tertiary alicyclic amines) is 1. The largest absolute Gasteiger partial charge is 0.481 e. The standard InChI is InChI=1S/C11H20FNO2S/c1-8(2)13-4-9(3-10(12)5-13)6-16-7-11(14)15/h8-10H,3-7H2,1-2H3,(H,14,15). The number of halogens is 1. The van der Waals surface area contributed by atoms with Gasteiger partial charge in [0.25, 0.3) is 0 Å². The van der Waals surface area contributed by atoms with Crippen molar-refractivity contribution >= 4 is 17.7 Å². The molecule has 0 aromatic heterocycles. The number of carboxylic acids is 1.